The zero-order valence-corrected chi connectivity index (χ0v) is 27.8. The molecule has 0 saturated heterocycles. The number of benzene rings is 5. The van der Waals surface area contributed by atoms with Gasteiger partial charge in [-0.1, -0.05) is 117 Å². The Labute approximate surface area is 284 Å². The van der Waals surface area contributed by atoms with Crippen LogP contribution in [0.1, 0.15) is 27.0 Å². The number of aliphatic carboxylic acids is 1. The van der Waals surface area contributed by atoms with Gasteiger partial charge in [0.1, 0.15) is 11.5 Å². The number of carbonyl (C=O) groups is 3. The number of carboxylic acid groups (broad SMARTS) is 1. The average Bonchev–Trinajstić information content (AvgIpc) is 3.06. The van der Waals surface area contributed by atoms with Gasteiger partial charge in [-0.2, -0.15) is 0 Å². The Morgan fingerprint density at radius 2 is 1.28 bits per heavy atom. The molecule has 0 saturated carbocycles. The van der Waals surface area contributed by atoms with Gasteiger partial charge >= 0.3 is 11.9 Å². The number of carbonyl (C=O) groups excluding carboxylic acids is 2. The molecule has 46 heavy (non-hydrogen) atoms. The lowest BCUT2D eigenvalue weighted by Gasteiger charge is -2.23. The van der Waals surface area contributed by atoms with Gasteiger partial charge in [-0.05, 0) is 70.6 Å². The first-order chi connectivity index (χ1) is 22.3. The Morgan fingerprint density at radius 3 is 1.93 bits per heavy atom. The molecule has 0 bridgehead atoms. The fraction of sp³-hybridized carbons (Fsp3) is 0.108. The van der Waals surface area contributed by atoms with E-state index in [1.54, 1.807) is 36.4 Å². The van der Waals surface area contributed by atoms with E-state index in [1.165, 1.54) is 4.90 Å². The van der Waals surface area contributed by atoms with Crippen molar-refractivity contribution in [1.82, 2.24) is 10.2 Å². The topological polar surface area (TPSA) is 95.9 Å². The molecule has 0 aliphatic carbocycles. The normalized spacial score (nSPS) is 10.7. The van der Waals surface area contributed by atoms with E-state index in [-0.39, 0.29) is 19.0 Å². The number of nitrogens with one attached hydrogen (secondary N) is 1. The largest absolute Gasteiger partial charge is 0.474 e. The summed E-state index contributed by atoms with van der Waals surface area (Å²) in [5.74, 6) is -1.63. The van der Waals surface area contributed by atoms with Crippen LogP contribution in [0.25, 0.3) is 11.1 Å². The van der Waals surface area contributed by atoms with Crippen LogP contribution in [0.2, 0.25) is 0 Å². The summed E-state index contributed by atoms with van der Waals surface area (Å²) < 4.78 is 7.03. The lowest BCUT2D eigenvalue weighted by atomic mass is 10.0. The molecule has 0 aromatic heterocycles. The average molecular weight is 742 g/mol. The molecule has 9 heteroatoms. The van der Waals surface area contributed by atoms with E-state index in [1.807, 2.05) is 48.5 Å². The van der Waals surface area contributed by atoms with Crippen molar-refractivity contribution in [2.45, 2.75) is 19.5 Å². The van der Waals surface area contributed by atoms with Crippen LogP contribution in [0.5, 0.6) is 11.5 Å². The first-order valence-electron chi connectivity index (χ1n) is 14.5. The highest BCUT2D eigenvalue weighted by Crippen LogP contribution is 2.30. The number of hydrogen-bond acceptors (Lipinski definition) is 4. The summed E-state index contributed by atoms with van der Waals surface area (Å²) in [7, 11) is 0. The molecule has 0 heterocycles. The van der Waals surface area contributed by atoms with Crippen molar-refractivity contribution < 1.29 is 24.2 Å². The maximum atomic E-state index is 13.0. The van der Waals surface area contributed by atoms with Crippen LogP contribution < -0.4 is 10.1 Å². The molecule has 5 rings (SSSR count). The van der Waals surface area contributed by atoms with Gasteiger partial charge in [0.05, 0.1) is 0 Å². The fourth-order valence-corrected chi connectivity index (χ4v) is 6.32. The Balaban J connectivity index is 1.23. The molecule has 0 spiro atoms. The second kappa shape index (κ2) is 15.5. The van der Waals surface area contributed by atoms with E-state index < -0.39 is 11.9 Å². The predicted molar refractivity (Wildman–Crippen MR) is 185 cm³/mol. The van der Waals surface area contributed by atoms with Gasteiger partial charge in [-0.25, -0.2) is 4.79 Å². The third-order valence-corrected chi connectivity index (χ3v) is 8.65. The summed E-state index contributed by atoms with van der Waals surface area (Å²) in [4.78, 5) is 38.7. The first-order valence-corrected chi connectivity index (χ1v) is 16.1. The van der Waals surface area contributed by atoms with Gasteiger partial charge in [0, 0.05) is 34.1 Å². The number of halogens is 2. The van der Waals surface area contributed by atoms with Crippen molar-refractivity contribution in [2.24, 2.45) is 0 Å². The van der Waals surface area contributed by atoms with Crippen LogP contribution in [-0.2, 0) is 29.1 Å². The molecule has 0 aliphatic rings. The number of rotatable bonds is 11. The molecule has 0 radical (unpaired) electrons. The van der Waals surface area contributed by atoms with Gasteiger partial charge in [0.2, 0.25) is 0 Å². The van der Waals surface area contributed by atoms with Crippen LogP contribution in [0, 0.1) is 0 Å². The predicted octanol–water partition coefficient (Wildman–Crippen LogP) is 8.26. The third kappa shape index (κ3) is 8.71. The van der Waals surface area contributed by atoms with E-state index in [2.05, 4.69) is 73.6 Å². The van der Waals surface area contributed by atoms with Crippen LogP contribution in [0.4, 0.5) is 0 Å². The molecule has 2 amide bonds. The number of nitrogens with zero attached hydrogens (tertiary/aromatic N) is 1. The highest BCUT2D eigenvalue weighted by molar-refractivity contribution is 9.11. The summed E-state index contributed by atoms with van der Waals surface area (Å²) in [6.45, 7) is 0.468. The minimum absolute atomic E-state index is 0.0169. The molecular formula is C37H30Br2N2O5. The molecule has 5 aromatic carbocycles. The standard InChI is InChI=1S/C37H30Br2N2O5/c38-33-21-29(35(42)40-19-18-25-14-16-28(17-15-25)27-9-3-1-4-10-27)22-34(39)32(33)24-41(36(43)37(44)45)23-26-8-7-13-31(20-26)46-30-11-5-2-6-12-30/h1-17,20-22H,18-19,23-24H2,(H,40,42)(H,44,45). The van der Waals surface area contributed by atoms with E-state index in [4.69, 9.17) is 4.74 Å². The molecule has 0 aliphatic heterocycles. The molecule has 0 unspecified atom stereocenters. The smallest absolute Gasteiger partial charge is 0.394 e. The monoisotopic (exact) mass is 740 g/mol. The zero-order valence-electron chi connectivity index (χ0n) is 24.7. The van der Waals surface area contributed by atoms with Gasteiger partial charge < -0.3 is 20.1 Å². The number of para-hydroxylation sites is 1. The van der Waals surface area contributed by atoms with E-state index >= 15 is 0 Å². The molecular weight excluding hydrogens is 712 g/mol. The van der Waals surface area contributed by atoms with Crippen LogP contribution in [0.3, 0.4) is 0 Å². The van der Waals surface area contributed by atoms with Crippen molar-refractivity contribution in [3.05, 3.63) is 153 Å². The van der Waals surface area contributed by atoms with Crippen molar-refractivity contribution in [1.29, 1.82) is 0 Å². The molecule has 2 N–H and O–H groups in total. The fourth-order valence-electron chi connectivity index (χ4n) is 4.88. The maximum Gasteiger partial charge on any atom is 0.394 e. The Bertz CT molecular complexity index is 1810. The molecule has 7 nitrogen and oxygen atoms in total. The number of carboxylic acids is 1. The lowest BCUT2D eigenvalue weighted by molar-refractivity contribution is -0.156. The van der Waals surface area contributed by atoms with Crippen LogP contribution in [-0.4, -0.2) is 34.3 Å². The van der Waals surface area contributed by atoms with Gasteiger partial charge in [-0.3, -0.25) is 9.59 Å². The summed E-state index contributed by atoms with van der Waals surface area (Å²) >= 11 is 7.06. The summed E-state index contributed by atoms with van der Waals surface area (Å²) in [5, 5.41) is 12.5. The third-order valence-electron chi connectivity index (χ3n) is 7.23. The second-order valence-electron chi connectivity index (χ2n) is 10.5. The van der Waals surface area contributed by atoms with Crippen molar-refractivity contribution in [3.8, 4) is 22.6 Å². The van der Waals surface area contributed by atoms with E-state index in [9.17, 15) is 19.5 Å². The quantitative estimate of drug-likeness (QED) is 0.133. The minimum Gasteiger partial charge on any atom is -0.474 e. The van der Waals surface area contributed by atoms with Crippen LogP contribution in [0.15, 0.2) is 130 Å². The highest BCUT2D eigenvalue weighted by atomic mass is 79.9. The summed E-state index contributed by atoms with van der Waals surface area (Å²) in [5.41, 5.74) is 5.14. The Hall–Kier alpha value is -4.73. The van der Waals surface area contributed by atoms with Crippen molar-refractivity contribution in [2.75, 3.05) is 6.54 Å². The van der Waals surface area contributed by atoms with Gasteiger partial charge in [0.15, 0.2) is 0 Å². The second-order valence-corrected chi connectivity index (χ2v) is 12.2. The summed E-state index contributed by atoms with van der Waals surface area (Å²) in [6.07, 6.45) is 0.672. The van der Waals surface area contributed by atoms with Gasteiger partial charge in [0.25, 0.3) is 5.91 Å². The Kier molecular flexibility index (Phi) is 11.0. The highest BCUT2D eigenvalue weighted by Gasteiger charge is 2.24. The Morgan fingerprint density at radius 1 is 0.674 bits per heavy atom. The van der Waals surface area contributed by atoms with Crippen molar-refractivity contribution >= 4 is 49.6 Å². The number of ether oxygens (including phenoxy) is 1. The zero-order chi connectivity index (χ0) is 32.5. The van der Waals surface area contributed by atoms with E-state index in [0.29, 0.717) is 50.1 Å². The summed E-state index contributed by atoms with van der Waals surface area (Å²) in [6, 6.07) is 38.2. The SMILES string of the molecule is O=C(O)C(=O)N(Cc1cccc(Oc2ccccc2)c1)Cc1c(Br)cc(C(=O)NCCc2ccc(-c3ccccc3)cc2)cc1Br. The minimum atomic E-state index is -1.56. The molecule has 232 valence electrons. The maximum absolute atomic E-state index is 13.0. The molecule has 0 fully saturated rings. The van der Waals surface area contributed by atoms with Crippen molar-refractivity contribution in [3.63, 3.8) is 0 Å². The van der Waals surface area contributed by atoms with Crippen LogP contribution >= 0.6 is 31.9 Å². The van der Waals surface area contributed by atoms with E-state index in [0.717, 1.165) is 16.7 Å². The molecule has 5 aromatic rings. The van der Waals surface area contributed by atoms with Gasteiger partial charge in [-0.15, -0.1) is 0 Å². The number of hydrogen-bond donors (Lipinski definition) is 2. The number of amides is 2. The first kappa shape index (κ1) is 32.7. The lowest BCUT2D eigenvalue weighted by Crippen LogP contribution is -2.35. The molecule has 0 atom stereocenters.